The fourth-order valence-electron chi connectivity index (χ4n) is 2.42. The van der Waals surface area contributed by atoms with E-state index < -0.39 is 0 Å². The van der Waals surface area contributed by atoms with Gasteiger partial charge in [0.15, 0.2) is 0 Å². The van der Waals surface area contributed by atoms with Crippen LogP contribution < -0.4 is 5.32 Å². The van der Waals surface area contributed by atoms with E-state index in [9.17, 15) is 4.79 Å². The molecule has 0 aliphatic heterocycles. The van der Waals surface area contributed by atoms with Gasteiger partial charge in [-0.1, -0.05) is 29.8 Å². The van der Waals surface area contributed by atoms with Crippen LogP contribution in [0.4, 0.5) is 0 Å². The third-order valence-corrected chi connectivity index (χ3v) is 4.12. The number of amides is 1. The molecule has 1 aromatic carbocycles. The topological polar surface area (TPSA) is 46.4 Å². The van der Waals surface area contributed by atoms with E-state index in [4.69, 9.17) is 0 Å². The van der Waals surface area contributed by atoms with Crippen molar-refractivity contribution in [1.29, 1.82) is 0 Å². The maximum atomic E-state index is 12.0. The van der Waals surface area contributed by atoms with Gasteiger partial charge in [0.05, 0.1) is 12.1 Å². The van der Waals surface area contributed by atoms with Crippen molar-refractivity contribution in [2.45, 2.75) is 19.8 Å². The molecular formula is C18H18BrN3O. The lowest BCUT2D eigenvalue weighted by atomic mass is 10.1. The summed E-state index contributed by atoms with van der Waals surface area (Å²) in [6.45, 7) is 2.63. The zero-order chi connectivity index (χ0) is 16.2. The van der Waals surface area contributed by atoms with Crippen LogP contribution in [-0.2, 0) is 17.6 Å². The molecule has 1 amide bonds. The number of nitrogens with zero attached hydrogens (tertiary/aromatic N) is 2. The van der Waals surface area contributed by atoms with Crippen LogP contribution in [0.1, 0.15) is 16.8 Å². The first-order valence-corrected chi connectivity index (χ1v) is 8.35. The Morgan fingerprint density at radius 1 is 1.17 bits per heavy atom. The van der Waals surface area contributed by atoms with Gasteiger partial charge >= 0.3 is 0 Å². The third-order valence-electron chi connectivity index (χ3n) is 3.65. The van der Waals surface area contributed by atoms with Gasteiger partial charge in [-0.3, -0.25) is 4.79 Å². The molecule has 0 saturated carbocycles. The second-order valence-corrected chi connectivity index (χ2v) is 6.52. The minimum absolute atomic E-state index is 0.0420. The molecule has 2 heterocycles. The molecule has 23 heavy (non-hydrogen) atoms. The third kappa shape index (κ3) is 4.20. The van der Waals surface area contributed by atoms with Crippen LogP contribution in [0, 0.1) is 6.92 Å². The Kier molecular flexibility index (Phi) is 4.76. The highest BCUT2D eigenvalue weighted by atomic mass is 79.9. The van der Waals surface area contributed by atoms with Crippen molar-refractivity contribution in [3.63, 3.8) is 0 Å². The fourth-order valence-corrected chi connectivity index (χ4v) is 2.77. The quantitative estimate of drug-likeness (QED) is 0.747. The Labute approximate surface area is 143 Å². The Hall–Kier alpha value is -2.14. The molecule has 0 aliphatic rings. The Bertz CT molecular complexity index is 824. The Balaban J connectivity index is 1.51. The number of halogens is 1. The zero-order valence-electron chi connectivity index (χ0n) is 12.9. The highest BCUT2D eigenvalue weighted by Gasteiger charge is 2.05. The van der Waals surface area contributed by atoms with E-state index in [-0.39, 0.29) is 5.91 Å². The van der Waals surface area contributed by atoms with Crippen LogP contribution in [0.15, 0.2) is 53.3 Å². The monoisotopic (exact) mass is 371 g/mol. The highest BCUT2D eigenvalue weighted by Crippen LogP contribution is 2.12. The average molecular weight is 372 g/mol. The van der Waals surface area contributed by atoms with E-state index in [1.165, 1.54) is 5.56 Å². The lowest BCUT2D eigenvalue weighted by molar-refractivity contribution is -0.120. The maximum Gasteiger partial charge on any atom is 0.224 e. The smallest absolute Gasteiger partial charge is 0.224 e. The summed E-state index contributed by atoms with van der Waals surface area (Å²) in [7, 11) is 0. The molecule has 0 fully saturated rings. The van der Waals surface area contributed by atoms with Crippen molar-refractivity contribution in [3.05, 3.63) is 70.1 Å². The maximum absolute atomic E-state index is 12.0. The lowest BCUT2D eigenvalue weighted by Gasteiger charge is -2.04. The number of pyridine rings is 1. The normalized spacial score (nSPS) is 10.9. The number of hydrogen-bond acceptors (Lipinski definition) is 2. The van der Waals surface area contributed by atoms with Crippen molar-refractivity contribution >= 4 is 27.5 Å². The summed E-state index contributed by atoms with van der Waals surface area (Å²) >= 11 is 3.44. The molecule has 3 rings (SSSR count). The minimum atomic E-state index is 0.0420. The summed E-state index contributed by atoms with van der Waals surface area (Å²) in [5, 5.41) is 2.95. The van der Waals surface area contributed by atoms with Gasteiger partial charge in [-0.2, -0.15) is 0 Å². The van der Waals surface area contributed by atoms with Gasteiger partial charge in [0, 0.05) is 29.8 Å². The summed E-state index contributed by atoms with van der Waals surface area (Å²) in [6, 6.07) is 12.0. The highest BCUT2D eigenvalue weighted by molar-refractivity contribution is 9.10. The number of hydrogen-bond donors (Lipinski definition) is 1. The molecule has 0 atom stereocenters. The average Bonchev–Trinajstić information content (AvgIpc) is 2.91. The van der Waals surface area contributed by atoms with Crippen molar-refractivity contribution in [1.82, 2.24) is 14.7 Å². The second-order valence-electron chi connectivity index (χ2n) is 5.61. The standard InChI is InChI=1S/C18H18BrN3O/c1-13-2-4-14(5-3-13)10-18(23)20-9-8-16-12-22-11-15(19)6-7-17(22)21-16/h2-7,11-12H,8-10H2,1H3,(H,20,23). The Morgan fingerprint density at radius 3 is 2.74 bits per heavy atom. The number of benzene rings is 1. The van der Waals surface area contributed by atoms with Crippen molar-refractivity contribution in [2.24, 2.45) is 0 Å². The molecule has 0 bridgehead atoms. The van der Waals surface area contributed by atoms with E-state index in [1.807, 2.05) is 60.1 Å². The number of fused-ring (bicyclic) bond motifs is 1. The summed E-state index contributed by atoms with van der Waals surface area (Å²) in [6.07, 6.45) is 5.10. The number of aromatic nitrogens is 2. The van der Waals surface area contributed by atoms with Crippen LogP contribution in [0.5, 0.6) is 0 Å². The molecule has 0 aliphatic carbocycles. The summed E-state index contributed by atoms with van der Waals surface area (Å²) in [5.41, 5.74) is 4.12. The summed E-state index contributed by atoms with van der Waals surface area (Å²) < 4.78 is 2.99. The predicted octanol–water partition coefficient (Wildman–Crippen LogP) is 3.31. The molecule has 3 aromatic rings. The van der Waals surface area contributed by atoms with E-state index >= 15 is 0 Å². The van der Waals surface area contributed by atoms with E-state index in [1.54, 1.807) is 0 Å². The molecule has 0 saturated heterocycles. The van der Waals surface area contributed by atoms with E-state index in [0.29, 0.717) is 13.0 Å². The Morgan fingerprint density at radius 2 is 1.96 bits per heavy atom. The summed E-state index contributed by atoms with van der Waals surface area (Å²) in [4.78, 5) is 16.5. The number of nitrogens with one attached hydrogen (secondary N) is 1. The van der Waals surface area contributed by atoms with Crippen LogP contribution in [0.2, 0.25) is 0 Å². The minimum Gasteiger partial charge on any atom is -0.355 e. The predicted molar refractivity (Wildman–Crippen MR) is 94.5 cm³/mol. The van der Waals surface area contributed by atoms with Crippen LogP contribution >= 0.6 is 15.9 Å². The molecule has 0 radical (unpaired) electrons. The first-order valence-electron chi connectivity index (χ1n) is 7.55. The number of carbonyl (C=O) groups is 1. The van der Waals surface area contributed by atoms with Crippen LogP contribution in [0.25, 0.3) is 5.65 Å². The first-order chi connectivity index (χ1) is 11.1. The van der Waals surface area contributed by atoms with Crippen LogP contribution in [-0.4, -0.2) is 21.8 Å². The van der Waals surface area contributed by atoms with Gasteiger partial charge in [0.2, 0.25) is 5.91 Å². The molecule has 5 heteroatoms. The largest absolute Gasteiger partial charge is 0.355 e. The van der Waals surface area contributed by atoms with Gasteiger partial charge in [-0.25, -0.2) is 4.98 Å². The van der Waals surface area contributed by atoms with E-state index in [0.717, 1.165) is 27.8 Å². The molecule has 118 valence electrons. The number of aryl methyl sites for hydroxylation is 1. The van der Waals surface area contributed by atoms with Gasteiger partial charge < -0.3 is 9.72 Å². The molecule has 1 N–H and O–H groups in total. The number of rotatable bonds is 5. The molecule has 4 nitrogen and oxygen atoms in total. The number of carbonyl (C=O) groups excluding carboxylic acids is 1. The van der Waals surface area contributed by atoms with Gasteiger partial charge in [-0.05, 0) is 40.5 Å². The van der Waals surface area contributed by atoms with Crippen LogP contribution in [0.3, 0.4) is 0 Å². The van der Waals surface area contributed by atoms with Crippen molar-refractivity contribution in [3.8, 4) is 0 Å². The first kappa shape index (κ1) is 15.7. The second kappa shape index (κ2) is 6.96. The molecule has 0 unspecified atom stereocenters. The lowest BCUT2D eigenvalue weighted by Crippen LogP contribution is -2.27. The summed E-state index contributed by atoms with van der Waals surface area (Å²) in [5.74, 6) is 0.0420. The molecule has 0 spiro atoms. The molecular weight excluding hydrogens is 354 g/mol. The van der Waals surface area contributed by atoms with Crippen molar-refractivity contribution in [2.75, 3.05) is 6.54 Å². The zero-order valence-corrected chi connectivity index (χ0v) is 14.5. The SMILES string of the molecule is Cc1ccc(CC(=O)NCCc2cn3cc(Br)ccc3n2)cc1. The van der Waals surface area contributed by atoms with Gasteiger partial charge in [-0.15, -0.1) is 0 Å². The van der Waals surface area contributed by atoms with Gasteiger partial charge in [0.1, 0.15) is 5.65 Å². The van der Waals surface area contributed by atoms with Gasteiger partial charge in [0.25, 0.3) is 0 Å². The van der Waals surface area contributed by atoms with E-state index in [2.05, 4.69) is 26.2 Å². The fraction of sp³-hybridized carbons (Fsp3) is 0.222. The number of imidazole rings is 1. The molecule has 2 aromatic heterocycles. The van der Waals surface area contributed by atoms with Crippen molar-refractivity contribution < 1.29 is 4.79 Å².